The number of nitro benzene ring substituents is 1. The normalized spacial score (nSPS) is 15.6. The minimum absolute atomic E-state index is 0.0862. The van der Waals surface area contributed by atoms with Crippen molar-refractivity contribution < 1.29 is 19.6 Å². The lowest BCUT2D eigenvalue weighted by atomic mass is 10.1. The molecule has 7 nitrogen and oxygen atoms in total. The van der Waals surface area contributed by atoms with Crippen molar-refractivity contribution >= 4 is 29.2 Å². The quantitative estimate of drug-likeness (QED) is 0.644. The van der Waals surface area contributed by atoms with Gasteiger partial charge in [-0.15, -0.1) is 0 Å². The van der Waals surface area contributed by atoms with Crippen LogP contribution in [-0.2, 0) is 4.79 Å². The number of hydrogen-bond acceptors (Lipinski definition) is 4. The molecule has 0 aliphatic heterocycles. The minimum Gasteiger partial charge on any atom is -0.480 e. The fraction of sp³-hybridized carbons (Fsp3) is 0.273. The minimum atomic E-state index is -1.20. The van der Waals surface area contributed by atoms with Gasteiger partial charge in [0.1, 0.15) is 10.6 Å². The van der Waals surface area contributed by atoms with E-state index in [-0.39, 0.29) is 16.3 Å². The van der Waals surface area contributed by atoms with Crippen molar-refractivity contribution in [3.63, 3.8) is 0 Å². The average Bonchev–Trinajstić information content (AvgIpc) is 3.09. The van der Waals surface area contributed by atoms with Gasteiger partial charge in [0.15, 0.2) is 0 Å². The summed E-state index contributed by atoms with van der Waals surface area (Å²) >= 11 is 5.68. The summed E-state index contributed by atoms with van der Waals surface area (Å²) in [4.78, 5) is 32.7. The second kappa shape index (κ2) is 4.51. The van der Waals surface area contributed by atoms with Gasteiger partial charge in [-0.2, -0.15) is 0 Å². The van der Waals surface area contributed by atoms with Crippen molar-refractivity contribution in [2.24, 2.45) is 0 Å². The maximum atomic E-state index is 11.8. The number of carboxylic acids is 1. The van der Waals surface area contributed by atoms with Gasteiger partial charge in [-0.3, -0.25) is 14.9 Å². The predicted octanol–water partition coefficient (Wildman–Crippen LogP) is 1.60. The van der Waals surface area contributed by atoms with E-state index in [9.17, 15) is 19.7 Å². The molecule has 8 heteroatoms. The van der Waals surface area contributed by atoms with Crippen molar-refractivity contribution in [3.8, 4) is 0 Å². The molecule has 100 valence electrons. The molecule has 0 bridgehead atoms. The number of nitro groups is 1. The van der Waals surface area contributed by atoms with Crippen LogP contribution in [0.2, 0.25) is 5.02 Å². The number of carbonyl (C=O) groups excluding carboxylic acids is 1. The Morgan fingerprint density at radius 2 is 2.05 bits per heavy atom. The Morgan fingerprint density at radius 3 is 2.47 bits per heavy atom. The Bertz CT molecular complexity index is 582. The zero-order valence-corrected chi connectivity index (χ0v) is 10.3. The highest BCUT2D eigenvalue weighted by Gasteiger charge is 2.51. The van der Waals surface area contributed by atoms with Crippen LogP contribution in [0, 0.1) is 10.1 Å². The lowest BCUT2D eigenvalue weighted by Crippen LogP contribution is -2.43. The average molecular weight is 285 g/mol. The van der Waals surface area contributed by atoms with Crippen LogP contribution in [0.4, 0.5) is 5.69 Å². The van der Waals surface area contributed by atoms with Gasteiger partial charge in [-0.05, 0) is 25.0 Å². The number of carboxylic acid groups (broad SMARTS) is 1. The number of benzene rings is 1. The van der Waals surface area contributed by atoms with Gasteiger partial charge in [0.2, 0.25) is 0 Å². The smallest absolute Gasteiger partial charge is 0.329 e. The van der Waals surface area contributed by atoms with E-state index < -0.39 is 22.3 Å². The van der Waals surface area contributed by atoms with Crippen molar-refractivity contribution in [2.75, 3.05) is 0 Å². The molecule has 19 heavy (non-hydrogen) atoms. The highest BCUT2D eigenvalue weighted by molar-refractivity contribution is 6.33. The summed E-state index contributed by atoms with van der Waals surface area (Å²) in [5.41, 5.74) is -1.42. The lowest BCUT2D eigenvalue weighted by molar-refractivity contribution is -0.384. The molecule has 1 aromatic rings. The predicted molar refractivity (Wildman–Crippen MR) is 65.2 cm³/mol. The standard InChI is InChI=1S/C11H9ClN2O5/c12-7-5-6(1-2-8(7)14(18)19)9(15)13-11(3-4-11)10(16)17/h1-2,5H,3-4H2,(H,13,15)(H,16,17). The van der Waals surface area contributed by atoms with E-state index in [1.165, 1.54) is 6.07 Å². The van der Waals surface area contributed by atoms with E-state index in [2.05, 4.69) is 5.32 Å². The third kappa shape index (κ3) is 2.50. The first kappa shape index (κ1) is 13.3. The molecule has 1 amide bonds. The van der Waals surface area contributed by atoms with Crippen LogP contribution in [0.3, 0.4) is 0 Å². The summed E-state index contributed by atoms with van der Waals surface area (Å²) < 4.78 is 0. The van der Waals surface area contributed by atoms with Crippen molar-refractivity contribution in [2.45, 2.75) is 18.4 Å². The molecule has 0 aromatic heterocycles. The Morgan fingerprint density at radius 1 is 1.42 bits per heavy atom. The molecule has 0 atom stereocenters. The molecule has 1 saturated carbocycles. The number of halogens is 1. The third-order valence-corrected chi connectivity index (χ3v) is 3.22. The molecule has 1 fully saturated rings. The maximum absolute atomic E-state index is 11.8. The first-order valence-corrected chi connectivity index (χ1v) is 5.73. The number of aliphatic carboxylic acids is 1. The fourth-order valence-electron chi connectivity index (χ4n) is 1.60. The summed E-state index contributed by atoms with van der Waals surface area (Å²) in [5.74, 6) is -1.70. The molecular weight excluding hydrogens is 276 g/mol. The van der Waals surface area contributed by atoms with Gasteiger partial charge in [0, 0.05) is 11.6 Å². The summed E-state index contributed by atoms with van der Waals surface area (Å²) in [6.45, 7) is 0. The molecule has 0 heterocycles. The first-order chi connectivity index (χ1) is 8.85. The molecule has 2 N–H and O–H groups in total. The molecule has 0 spiro atoms. The second-order valence-corrected chi connectivity index (χ2v) is 4.67. The summed E-state index contributed by atoms with van der Waals surface area (Å²) in [5, 5.41) is 21.7. The number of carbonyl (C=O) groups is 2. The number of nitrogens with one attached hydrogen (secondary N) is 1. The zero-order valence-electron chi connectivity index (χ0n) is 9.55. The largest absolute Gasteiger partial charge is 0.480 e. The van der Waals surface area contributed by atoms with Gasteiger partial charge in [0.25, 0.3) is 11.6 Å². The SMILES string of the molecule is O=C(NC1(C(=O)O)CC1)c1ccc([N+](=O)[O-])c(Cl)c1. The summed E-state index contributed by atoms with van der Waals surface area (Å²) in [6.07, 6.45) is 0.740. The van der Waals surface area contributed by atoms with Crippen molar-refractivity contribution in [3.05, 3.63) is 38.9 Å². The van der Waals surface area contributed by atoms with Crippen LogP contribution in [-0.4, -0.2) is 27.4 Å². The van der Waals surface area contributed by atoms with Crippen LogP contribution in [0.5, 0.6) is 0 Å². The number of rotatable bonds is 4. The molecule has 1 aromatic carbocycles. The van der Waals surface area contributed by atoms with Gasteiger partial charge in [-0.1, -0.05) is 11.6 Å². The van der Waals surface area contributed by atoms with E-state index in [0.29, 0.717) is 12.8 Å². The molecule has 0 unspecified atom stereocenters. The van der Waals surface area contributed by atoms with Crippen molar-refractivity contribution in [1.82, 2.24) is 5.32 Å². The maximum Gasteiger partial charge on any atom is 0.329 e. The van der Waals surface area contributed by atoms with E-state index in [1.54, 1.807) is 0 Å². The van der Waals surface area contributed by atoms with E-state index in [4.69, 9.17) is 16.7 Å². The summed E-state index contributed by atoms with van der Waals surface area (Å²) in [6, 6.07) is 3.49. The molecule has 0 saturated heterocycles. The Balaban J connectivity index is 2.19. The van der Waals surface area contributed by atoms with Crippen LogP contribution < -0.4 is 5.32 Å². The number of amides is 1. The Labute approximate surface area is 112 Å². The molecular formula is C11H9ClN2O5. The lowest BCUT2D eigenvalue weighted by Gasteiger charge is -2.12. The van der Waals surface area contributed by atoms with Crippen LogP contribution in [0.15, 0.2) is 18.2 Å². The summed E-state index contributed by atoms with van der Waals surface area (Å²) in [7, 11) is 0. The number of nitrogens with zero attached hydrogens (tertiary/aromatic N) is 1. The monoisotopic (exact) mass is 284 g/mol. The zero-order chi connectivity index (χ0) is 14.2. The number of hydrogen-bond donors (Lipinski definition) is 2. The van der Waals surface area contributed by atoms with Gasteiger partial charge in [-0.25, -0.2) is 4.79 Å². The van der Waals surface area contributed by atoms with E-state index in [0.717, 1.165) is 12.1 Å². The van der Waals surface area contributed by atoms with Crippen LogP contribution in [0.25, 0.3) is 0 Å². The first-order valence-electron chi connectivity index (χ1n) is 5.35. The fourth-order valence-corrected chi connectivity index (χ4v) is 1.85. The van der Waals surface area contributed by atoms with Crippen molar-refractivity contribution in [1.29, 1.82) is 0 Å². The van der Waals surface area contributed by atoms with Crippen LogP contribution >= 0.6 is 11.6 Å². The molecule has 2 rings (SSSR count). The van der Waals surface area contributed by atoms with E-state index >= 15 is 0 Å². The van der Waals surface area contributed by atoms with Crippen LogP contribution in [0.1, 0.15) is 23.2 Å². The Hall–Kier alpha value is -2.15. The highest BCUT2D eigenvalue weighted by atomic mass is 35.5. The Kier molecular flexibility index (Phi) is 3.15. The molecule has 0 radical (unpaired) electrons. The van der Waals surface area contributed by atoms with E-state index in [1.807, 2.05) is 0 Å². The second-order valence-electron chi connectivity index (χ2n) is 4.26. The van der Waals surface area contributed by atoms with Gasteiger partial charge in [0.05, 0.1) is 4.92 Å². The molecule has 1 aliphatic carbocycles. The topological polar surface area (TPSA) is 110 Å². The molecule has 1 aliphatic rings. The third-order valence-electron chi connectivity index (χ3n) is 2.92. The van der Waals surface area contributed by atoms with Gasteiger partial charge < -0.3 is 10.4 Å². The van der Waals surface area contributed by atoms with Gasteiger partial charge >= 0.3 is 5.97 Å². The highest BCUT2D eigenvalue weighted by Crippen LogP contribution is 2.36.